The van der Waals surface area contributed by atoms with E-state index in [0.29, 0.717) is 23.1 Å². The lowest BCUT2D eigenvalue weighted by Gasteiger charge is -2.21. The summed E-state index contributed by atoms with van der Waals surface area (Å²) in [4.78, 5) is 19.6. The highest BCUT2D eigenvalue weighted by atomic mass is 35.5. The summed E-state index contributed by atoms with van der Waals surface area (Å²) >= 11 is 7.53. The number of carbonyl (C=O) groups excluding carboxylic acids is 1. The van der Waals surface area contributed by atoms with Gasteiger partial charge in [-0.15, -0.1) is 11.3 Å². The first-order chi connectivity index (χ1) is 11.7. The summed E-state index contributed by atoms with van der Waals surface area (Å²) in [6.45, 7) is 0.384. The molecular weight excluding hydrogens is 344 g/mol. The second-order valence-electron chi connectivity index (χ2n) is 4.99. The number of carbonyl (C=O) groups is 1. The average Bonchev–Trinajstić information content (AvgIpc) is 3.12. The molecule has 0 N–H and O–H groups in total. The van der Waals surface area contributed by atoms with Crippen molar-refractivity contribution in [2.45, 2.75) is 6.54 Å². The highest BCUT2D eigenvalue weighted by molar-refractivity contribution is 7.09. The Hall–Kier alpha value is -2.37. The molecule has 1 amide bonds. The molecule has 6 heteroatoms. The zero-order chi connectivity index (χ0) is 16.8. The molecule has 0 fully saturated rings. The van der Waals surface area contributed by atoms with Crippen molar-refractivity contribution in [2.24, 2.45) is 0 Å². The quantitative estimate of drug-likeness (QED) is 0.655. The Morgan fingerprint density at radius 2 is 2.08 bits per heavy atom. The van der Waals surface area contributed by atoms with E-state index in [9.17, 15) is 4.79 Å². The van der Waals surface area contributed by atoms with Gasteiger partial charge in [0.15, 0.2) is 6.61 Å². The summed E-state index contributed by atoms with van der Waals surface area (Å²) in [7, 11) is 0. The molecule has 2 aromatic heterocycles. The van der Waals surface area contributed by atoms with Crippen molar-refractivity contribution in [2.75, 3.05) is 11.5 Å². The van der Waals surface area contributed by atoms with Crippen molar-refractivity contribution in [3.8, 4) is 5.75 Å². The van der Waals surface area contributed by atoms with Crippen LogP contribution in [0.3, 0.4) is 0 Å². The summed E-state index contributed by atoms with van der Waals surface area (Å²) in [6, 6.07) is 16.4. The number of thiophene rings is 1. The van der Waals surface area contributed by atoms with Crippen molar-refractivity contribution >= 4 is 34.7 Å². The smallest absolute Gasteiger partial charge is 0.266 e. The molecule has 122 valence electrons. The number of anilines is 1. The van der Waals surface area contributed by atoms with Gasteiger partial charge in [-0.25, -0.2) is 4.98 Å². The van der Waals surface area contributed by atoms with Gasteiger partial charge in [0.1, 0.15) is 11.6 Å². The second kappa shape index (κ2) is 7.95. The highest BCUT2D eigenvalue weighted by Gasteiger charge is 2.18. The first-order valence-electron chi connectivity index (χ1n) is 7.34. The third-order valence-electron chi connectivity index (χ3n) is 3.28. The summed E-state index contributed by atoms with van der Waals surface area (Å²) in [5.41, 5.74) is 0. The van der Waals surface area contributed by atoms with E-state index in [2.05, 4.69) is 4.98 Å². The number of benzene rings is 1. The number of pyridine rings is 1. The second-order valence-corrected chi connectivity index (χ2v) is 6.46. The van der Waals surface area contributed by atoms with E-state index in [1.807, 2.05) is 35.7 Å². The van der Waals surface area contributed by atoms with Gasteiger partial charge in [-0.2, -0.15) is 0 Å². The minimum Gasteiger partial charge on any atom is -0.484 e. The van der Waals surface area contributed by atoms with Crippen LogP contribution in [0.4, 0.5) is 5.82 Å². The summed E-state index contributed by atoms with van der Waals surface area (Å²) in [5.74, 6) is 1.00. The third-order valence-corrected chi connectivity index (χ3v) is 4.38. The van der Waals surface area contributed by atoms with Crippen molar-refractivity contribution < 1.29 is 9.53 Å². The Bertz CT molecular complexity index is 794. The van der Waals surface area contributed by atoms with Crippen LogP contribution in [0.15, 0.2) is 66.2 Å². The van der Waals surface area contributed by atoms with Crippen LogP contribution in [0.2, 0.25) is 5.02 Å². The van der Waals surface area contributed by atoms with Crippen LogP contribution in [0.1, 0.15) is 4.88 Å². The number of hydrogen-bond acceptors (Lipinski definition) is 4. The predicted molar refractivity (Wildman–Crippen MR) is 96.7 cm³/mol. The van der Waals surface area contributed by atoms with Crippen molar-refractivity contribution in [3.05, 3.63) is 76.1 Å². The van der Waals surface area contributed by atoms with E-state index in [1.54, 1.807) is 46.7 Å². The molecule has 0 aliphatic carbocycles. The normalized spacial score (nSPS) is 10.4. The van der Waals surface area contributed by atoms with Crippen LogP contribution in [0.5, 0.6) is 5.75 Å². The number of nitrogens with zero attached hydrogens (tertiary/aromatic N) is 2. The third kappa shape index (κ3) is 4.34. The fraction of sp³-hybridized carbons (Fsp3) is 0.111. The standard InChI is InChI=1S/C18H15ClN2O2S/c19-14-5-3-6-15(11-14)23-13-18(22)21(12-16-7-4-10-24-16)17-8-1-2-9-20-17/h1-11H,12-13H2. The van der Waals surface area contributed by atoms with E-state index in [0.717, 1.165) is 4.88 Å². The summed E-state index contributed by atoms with van der Waals surface area (Å²) < 4.78 is 5.57. The Balaban J connectivity index is 1.73. The number of halogens is 1. The number of ether oxygens (including phenoxy) is 1. The van der Waals surface area contributed by atoms with E-state index in [1.165, 1.54) is 0 Å². The fourth-order valence-corrected chi connectivity index (χ4v) is 3.02. The first-order valence-corrected chi connectivity index (χ1v) is 8.60. The SMILES string of the molecule is O=C(COc1cccc(Cl)c1)N(Cc1cccs1)c1ccccn1. The maximum absolute atomic E-state index is 12.7. The van der Waals surface area contributed by atoms with Crippen LogP contribution in [-0.2, 0) is 11.3 Å². The molecular formula is C18H15ClN2O2S. The van der Waals surface area contributed by atoms with E-state index >= 15 is 0 Å². The van der Waals surface area contributed by atoms with Gasteiger partial charge in [-0.1, -0.05) is 29.8 Å². The molecule has 2 heterocycles. The fourth-order valence-electron chi connectivity index (χ4n) is 2.15. The number of amides is 1. The molecule has 0 atom stereocenters. The Labute approximate surface area is 149 Å². The average molecular weight is 359 g/mol. The molecule has 3 aromatic rings. The van der Waals surface area contributed by atoms with Gasteiger partial charge < -0.3 is 4.74 Å². The molecule has 4 nitrogen and oxygen atoms in total. The monoisotopic (exact) mass is 358 g/mol. The lowest BCUT2D eigenvalue weighted by Crippen LogP contribution is -2.34. The molecule has 0 saturated carbocycles. The van der Waals surface area contributed by atoms with Crippen molar-refractivity contribution in [3.63, 3.8) is 0 Å². The van der Waals surface area contributed by atoms with Gasteiger partial charge in [0.25, 0.3) is 5.91 Å². The van der Waals surface area contributed by atoms with E-state index in [4.69, 9.17) is 16.3 Å². The van der Waals surface area contributed by atoms with Crippen LogP contribution < -0.4 is 9.64 Å². The summed E-state index contributed by atoms with van der Waals surface area (Å²) in [5, 5.41) is 2.55. The van der Waals surface area contributed by atoms with Crippen molar-refractivity contribution in [1.82, 2.24) is 4.98 Å². The number of aromatic nitrogens is 1. The van der Waals surface area contributed by atoms with Crippen LogP contribution in [0.25, 0.3) is 0 Å². The predicted octanol–water partition coefficient (Wildman–Crippen LogP) is 4.41. The van der Waals surface area contributed by atoms with Gasteiger partial charge in [0, 0.05) is 16.1 Å². The maximum Gasteiger partial charge on any atom is 0.266 e. The molecule has 1 aromatic carbocycles. The van der Waals surface area contributed by atoms with E-state index in [-0.39, 0.29) is 12.5 Å². The lowest BCUT2D eigenvalue weighted by atomic mass is 10.3. The number of hydrogen-bond donors (Lipinski definition) is 0. The van der Waals surface area contributed by atoms with Gasteiger partial charge >= 0.3 is 0 Å². The van der Waals surface area contributed by atoms with Gasteiger partial charge in [0.2, 0.25) is 0 Å². The lowest BCUT2D eigenvalue weighted by molar-refractivity contribution is -0.120. The van der Waals surface area contributed by atoms with Crippen LogP contribution >= 0.6 is 22.9 Å². The molecule has 0 saturated heterocycles. The molecule has 0 radical (unpaired) electrons. The highest BCUT2D eigenvalue weighted by Crippen LogP contribution is 2.20. The van der Waals surface area contributed by atoms with Gasteiger partial charge in [-0.3, -0.25) is 9.69 Å². The molecule has 0 spiro atoms. The zero-order valence-electron chi connectivity index (χ0n) is 12.8. The Morgan fingerprint density at radius 3 is 2.79 bits per heavy atom. The largest absolute Gasteiger partial charge is 0.484 e. The molecule has 0 bridgehead atoms. The summed E-state index contributed by atoms with van der Waals surface area (Å²) in [6.07, 6.45) is 1.67. The molecule has 0 aliphatic rings. The van der Waals surface area contributed by atoms with Gasteiger partial charge in [-0.05, 0) is 41.8 Å². The number of rotatable bonds is 6. The zero-order valence-corrected chi connectivity index (χ0v) is 14.3. The molecule has 0 unspecified atom stereocenters. The minimum atomic E-state index is -0.165. The molecule has 24 heavy (non-hydrogen) atoms. The van der Waals surface area contributed by atoms with Crippen molar-refractivity contribution in [1.29, 1.82) is 0 Å². The molecule has 0 aliphatic heterocycles. The topological polar surface area (TPSA) is 42.4 Å². The van der Waals surface area contributed by atoms with Crippen LogP contribution in [0, 0.1) is 0 Å². The van der Waals surface area contributed by atoms with Gasteiger partial charge in [0.05, 0.1) is 6.54 Å². The van der Waals surface area contributed by atoms with E-state index < -0.39 is 0 Å². The molecule has 3 rings (SSSR count). The first kappa shape index (κ1) is 16.5. The minimum absolute atomic E-state index is 0.0811. The Kier molecular flexibility index (Phi) is 5.46. The Morgan fingerprint density at radius 1 is 1.17 bits per heavy atom. The maximum atomic E-state index is 12.7. The van der Waals surface area contributed by atoms with Crippen LogP contribution in [-0.4, -0.2) is 17.5 Å².